The fourth-order valence-electron chi connectivity index (χ4n) is 5.84. The Morgan fingerprint density at radius 3 is 2.57 bits per heavy atom. The quantitative estimate of drug-likeness (QED) is 0.294. The van der Waals surface area contributed by atoms with Gasteiger partial charge in [-0.2, -0.15) is 15.2 Å². The van der Waals surface area contributed by atoms with Gasteiger partial charge in [-0.1, -0.05) is 29.8 Å². The smallest absolute Gasteiger partial charge is 0.261 e. The summed E-state index contributed by atoms with van der Waals surface area (Å²) in [4.78, 5) is 39.7. The van der Waals surface area contributed by atoms with Gasteiger partial charge in [0.1, 0.15) is 5.65 Å². The van der Waals surface area contributed by atoms with E-state index < -0.39 is 0 Å². The highest BCUT2D eigenvalue weighted by Crippen LogP contribution is 2.28. The van der Waals surface area contributed by atoms with Gasteiger partial charge in [0.15, 0.2) is 5.84 Å². The first-order chi connectivity index (χ1) is 20.0. The molecular weight excluding hydrogens is 596 g/mol. The number of nitrogens with zero attached hydrogens (tertiary/aromatic N) is 6. The van der Waals surface area contributed by atoms with Crippen LogP contribution in [-0.4, -0.2) is 49.0 Å². The number of amides is 1. The van der Waals surface area contributed by atoms with Gasteiger partial charge < -0.3 is 9.74 Å². The molecule has 1 atom stereocenters. The van der Waals surface area contributed by atoms with Crippen LogP contribution in [0.5, 0.6) is 0 Å². The minimum absolute atomic E-state index is 0.0577. The molecule has 0 N–H and O–H groups in total. The van der Waals surface area contributed by atoms with Crippen molar-refractivity contribution in [2.45, 2.75) is 53.1 Å². The van der Waals surface area contributed by atoms with E-state index in [-0.39, 0.29) is 17.5 Å². The fraction of sp³-hybridized carbons (Fsp3) is 0.312. The van der Waals surface area contributed by atoms with Gasteiger partial charge in [0.25, 0.3) is 11.5 Å². The molecule has 2 aliphatic rings. The van der Waals surface area contributed by atoms with Gasteiger partial charge in [-0.05, 0) is 87.2 Å². The summed E-state index contributed by atoms with van der Waals surface area (Å²) in [7, 11) is 1.78. The van der Waals surface area contributed by atoms with Crippen molar-refractivity contribution in [3.8, 4) is 5.69 Å². The van der Waals surface area contributed by atoms with Crippen LogP contribution in [0, 0.1) is 12.8 Å². The monoisotopic (exact) mass is 628 g/mol. The lowest BCUT2D eigenvalue weighted by atomic mass is 9.97. The normalized spacial score (nSPS) is 16.7. The molecule has 0 spiro atoms. The number of halogens is 1. The lowest BCUT2D eigenvalue weighted by molar-refractivity contribution is -0.00998. The first-order valence-electron chi connectivity index (χ1n) is 14.0. The van der Waals surface area contributed by atoms with Crippen molar-refractivity contribution in [2.75, 3.05) is 7.05 Å². The summed E-state index contributed by atoms with van der Waals surface area (Å²) >= 11 is 3.52. The van der Waals surface area contributed by atoms with E-state index >= 15 is 0 Å². The lowest BCUT2D eigenvalue weighted by Gasteiger charge is -2.35. The van der Waals surface area contributed by atoms with Crippen LogP contribution in [0.3, 0.4) is 0 Å². The summed E-state index contributed by atoms with van der Waals surface area (Å²) in [5.41, 5.74) is 6.28. The molecule has 6 rings (SSSR count). The Labute approximate surface area is 252 Å². The molecule has 42 heavy (non-hydrogen) atoms. The standard InChI is InChI=1S/C32H33BrN6O3/c1-18(2)13-24-16-34-39-28-17-37(31(40)23-9-12-27(33)19(3)14-23)20(4)15-26(28)32(41)38(30(24)39)25-10-7-22(8-11-25)29-35-21(5)42-36(29)6/h7-12,14,16,18,20H,5,13,15,17H2,1-4,6H3/t20-/m0/s1. The summed E-state index contributed by atoms with van der Waals surface area (Å²) in [6.07, 6.45) is 3.05. The minimum atomic E-state index is -0.162. The third kappa shape index (κ3) is 4.73. The van der Waals surface area contributed by atoms with Crippen molar-refractivity contribution in [1.29, 1.82) is 0 Å². The third-order valence-electron chi connectivity index (χ3n) is 7.89. The molecule has 10 heteroatoms. The molecule has 216 valence electrons. The highest BCUT2D eigenvalue weighted by atomic mass is 79.9. The maximum absolute atomic E-state index is 14.3. The first kappa shape index (κ1) is 28.0. The van der Waals surface area contributed by atoms with Gasteiger partial charge in [0.2, 0.25) is 5.88 Å². The Morgan fingerprint density at radius 1 is 1.19 bits per heavy atom. The number of hydrogen-bond acceptors (Lipinski definition) is 6. The average molecular weight is 630 g/mol. The van der Waals surface area contributed by atoms with Gasteiger partial charge >= 0.3 is 0 Å². The second-order valence-corrected chi connectivity index (χ2v) is 12.3. The maximum atomic E-state index is 14.3. The molecule has 2 aliphatic heterocycles. The third-order valence-corrected chi connectivity index (χ3v) is 8.78. The molecule has 1 amide bonds. The summed E-state index contributed by atoms with van der Waals surface area (Å²) in [6.45, 7) is 12.3. The van der Waals surface area contributed by atoms with Crippen molar-refractivity contribution in [3.05, 3.63) is 109 Å². The van der Waals surface area contributed by atoms with Gasteiger partial charge in [0.05, 0.1) is 24.1 Å². The molecular formula is C32H33BrN6O3. The molecule has 9 nitrogen and oxygen atoms in total. The minimum Gasteiger partial charge on any atom is -0.358 e. The number of hydrogen-bond donors (Lipinski definition) is 0. The van der Waals surface area contributed by atoms with Crippen molar-refractivity contribution >= 4 is 33.3 Å². The lowest BCUT2D eigenvalue weighted by Crippen LogP contribution is -2.46. The molecule has 2 aromatic carbocycles. The number of fused-ring (bicyclic) bond motifs is 3. The number of carbonyl (C=O) groups is 1. The summed E-state index contributed by atoms with van der Waals surface area (Å²) in [5.74, 6) is 1.29. The van der Waals surface area contributed by atoms with Crippen LogP contribution in [0.4, 0.5) is 0 Å². The van der Waals surface area contributed by atoms with Crippen LogP contribution in [0.25, 0.3) is 11.3 Å². The van der Waals surface area contributed by atoms with Crippen LogP contribution in [0.15, 0.2) is 75.4 Å². The van der Waals surface area contributed by atoms with Crippen LogP contribution >= 0.6 is 15.9 Å². The Hall–Kier alpha value is -4.18. The van der Waals surface area contributed by atoms with Crippen molar-refractivity contribution < 1.29 is 9.63 Å². The van der Waals surface area contributed by atoms with Gasteiger partial charge in [-0.3, -0.25) is 14.2 Å². The second kappa shape index (κ2) is 10.6. The molecule has 4 heterocycles. The summed E-state index contributed by atoms with van der Waals surface area (Å²) in [5, 5.41) is 6.36. The van der Waals surface area contributed by atoms with E-state index in [1.54, 1.807) is 16.7 Å². The largest absolute Gasteiger partial charge is 0.358 e. The Balaban J connectivity index is 1.47. The molecule has 0 saturated heterocycles. The fourth-order valence-corrected chi connectivity index (χ4v) is 6.09. The van der Waals surface area contributed by atoms with E-state index in [0.29, 0.717) is 41.7 Å². The van der Waals surface area contributed by atoms with Crippen molar-refractivity contribution in [2.24, 2.45) is 10.9 Å². The zero-order valence-corrected chi connectivity index (χ0v) is 26.0. The number of amidine groups is 1. The summed E-state index contributed by atoms with van der Waals surface area (Å²) < 4.78 is 4.60. The predicted molar refractivity (Wildman–Crippen MR) is 166 cm³/mol. The number of aliphatic imine (C=N–C) groups is 1. The van der Waals surface area contributed by atoms with Gasteiger partial charge in [-0.25, -0.2) is 4.52 Å². The Bertz CT molecular complexity index is 1840. The summed E-state index contributed by atoms with van der Waals surface area (Å²) in [6, 6.07) is 13.2. The predicted octanol–water partition coefficient (Wildman–Crippen LogP) is 5.44. The van der Waals surface area contributed by atoms with E-state index in [1.807, 2.05) is 71.9 Å². The molecule has 4 aromatic rings. The molecule has 0 radical (unpaired) electrons. The van der Waals surface area contributed by atoms with Gasteiger partial charge in [0, 0.05) is 39.8 Å². The second-order valence-electron chi connectivity index (χ2n) is 11.5. The number of hydroxylamine groups is 2. The molecule has 0 saturated carbocycles. The Morgan fingerprint density at radius 2 is 1.93 bits per heavy atom. The maximum Gasteiger partial charge on any atom is 0.261 e. The Kier molecular flexibility index (Phi) is 7.04. The first-order valence-corrected chi connectivity index (χ1v) is 14.8. The van der Waals surface area contributed by atoms with Crippen molar-refractivity contribution in [3.63, 3.8) is 0 Å². The van der Waals surface area contributed by atoms with Crippen LogP contribution in [0.1, 0.15) is 59.1 Å². The SMILES string of the molecule is C=C1N=C(c2ccc(-n3c(=O)c4c(n5ncc(CC(C)C)c35)CN(C(=O)c3ccc(Br)c(C)c3)[C@@H](C)C4)cc2)N(C)O1. The molecule has 0 unspecified atom stereocenters. The van der Waals surface area contributed by atoms with Crippen LogP contribution < -0.4 is 5.56 Å². The average Bonchev–Trinajstić information content (AvgIpc) is 3.51. The topological polar surface area (TPSA) is 84.4 Å². The van der Waals surface area contributed by atoms with E-state index in [2.05, 4.69) is 41.3 Å². The number of aryl methyl sites for hydroxylation is 1. The van der Waals surface area contributed by atoms with Crippen LogP contribution in [0.2, 0.25) is 0 Å². The molecule has 0 aliphatic carbocycles. The number of aromatic nitrogens is 3. The highest BCUT2D eigenvalue weighted by Gasteiger charge is 2.33. The zero-order valence-electron chi connectivity index (χ0n) is 24.4. The highest BCUT2D eigenvalue weighted by molar-refractivity contribution is 9.10. The molecule has 2 aromatic heterocycles. The zero-order chi connectivity index (χ0) is 29.9. The number of carbonyl (C=O) groups excluding carboxylic acids is 1. The van der Waals surface area contributed by atoms with E-state index in [1.165, 1.54) is 0 Å². The number of rotatable bonds is 5. The molecule has 0 fully saturated rings. The van der Waals surface area contributed by atoms with Crippen molar-refractivity contribution in [1.82, 2.24) is 24.1 Å². The van der Waals surface area contributed by atoms with Gasteiger partial charge in [-0.15, -0.1) is 0 Å². The van der Waals surface area contributed by atoms with Crippen LogP contribution in [-0.2, 0) is 24.2 Å². The van der Waals surface area contributed by atoms with E-state index in [0.717, 1.165) is 44.6 Å². The van der Waals surface area contributed by atoms with E-state index in [4.69, 9.17) is 9.94 Å². The molecule has 0 bridgehead atoms. The number of benzene rings is 2. The van der Waals surface area contributed by atoms with E-state index in [9.17, 15) is 9.59 Å².